The van der Waals surface area contributed by atoms with Crippen molar-refractivity contribution in [3.63, 3.8) is 0 Å². The molecule has 0 spiro atoms. The molecule has 4 aromatic rings. The van der Waals surface area contributed by atoms with Gasteiger partial charge in [0.05, 0.1) is 39.3 Å². The second-order valence-corrected chi connectivity index (χ2v) is 18.2. The summed E-state index contributed by atoms with van der Waals surface area (Å²) in [7, 11) is -4.92. The third-order valence-corrected chi connectivity index (χ3v) is 11.8. The zero-order valence-corrected chi connectivity index (χ0v) is 35.9. The standard InChI is InChI=1S/C41H51N3O14S2/c1-24-27(22-57-40-34(59(5,51)52)16-26(38(43-40)55-3)10-7-13-30(45)18-36(47)48)11-8-14-32(24)33-15-9-12-28(25(33)2)23-58-41-35(60(6,53)54)17-29(39(44-41)56-4)20-42-21-31(46)19-37(49)50/h8-9,11-12,14-17,30-31,42,45-46H,7,10,13,18-23H2,1-6H3,(H,47,48)(H,49,50)/t30-,31+/m1/s1. The van der Waals surface area contributed by atoms with Crippen LogP contribution < -0.4 is 24.3 Å². The van der Waals surface area contributed by atoms with Crippen molar-refractivity contribution < 1.29 is 65.8 Å². The third-order valence-electron chi connectivity index (χ3n) is 9.58. The fraction of sp³-hybridized carbons (Fsp3) is 0.415. The zero-order valence-electron chi connectivity index (χ0n) is 34.2. The van der Waals surface area contributed by atoms with E-state index in [0.29, 0.717) is 17.5 Å². The van der Waals surface area contributed by atoms with Crippen molar-refractivity contribution in [1.82, 2.24) is 15.3 Å². The Morgan fingerprint density at radius 2 is 1.13 bits per heavy atom. The maximum atomic E-state index is 12.9. The number of aliphatic carboxylic acids is 2. The van der Waals surface area contributed by atoms with Gasteiger partial charge in [0.15, 0.2) is 19.7 Å². The second kappa shape index (κ2) is 20.8. The fourth-order valence-corrected chi connectivity index (χ4v) is 7.99. The van der Waals surface area contributed by atoms with E-state index in [1.807, 2.05) is 50.2 Å². The monoisotopic (exact) mass is 873 g/mol. The Labute approximate surface area is 349 Å². The number of carboxylic acids is 2. The number of ether oxygens (including phenoxy) is 4. The van der Waals surface area contributed by atoms with E-state index in [1.165, 1.54) is 26.4 Å². The van der Waals surface area contributed by atoms with Crippen molar-refractivity contribution in [3.8, 4) is 34.6 Å². The van der Waals surface area contributed by atoms with Gasteiger partial charge in [-0.15, -0.1) is 0 Å². The minimum atomic E-state index is -3.85. The summed E-state index contributed by atoms with van der Waals surface area (Å²) in [5.74, 6) is -2.38. The summed E-state index contributed by atoms with van der Waals surface area (Å²) in [6.07, 6.45) is -0.177. The predicted octanol–water partition coefficient (Wildman–Crippen LogP) is 3.83. The molecule has 2 atom stereocenters. The topological polar surface area (TPSA) is 258 Å². The Bertz CT molecular complexity index is 2240. The lowest BCUT2D eigenvalue weighted by molar-refractivity contribution is -0.140. The van der Waals surface area contributed by atoms with E-state index in [1.54, 1.807) is 0 Å². The van der Waals surface area contributed by atoms with Crippen LogP contribution >= 0.6 is 0 Å². The van der Waals surface area contributed by atoms with Gasteiger partial charge in [-0.3, -0.25) is 9.59 Å². The van der Waals surface area contributed by atoms with Gasteiger partial charge in [0, 0.05) is 36.7 Å². The molecule has 2 heterocycles. The van der Waals surface area contributed by atoms with E-state index in [2.05, 4.69) is 15.3 Å². The number of pyridine rings is 2. The van der Waals surface area contributed by atoms with Crippen LogP contribution in [0.15, 0.2) is 58.3 Å². The smallest absolute Gasteiger partial charge is 0.306 e. The number of methoxy groups -OCH3 is 2. The fourth-order valence-electron chi connectivity index (χ4n) is 6.43. The summed E-state index contributed by atoms with van der Waals surface area (Å²) in [5, 5.41) is 40.5. The summed E-state index contributed by atoms with van der Waals surface area (Å²) in [5.41, 5.74) is 5.68. The molecule has 19 heteroatoms. The first-order valence-corrected chi connectivity index (χ1v) is 22.5. The average Bonchev–Trinajstić information content (AvgIpc) is 3.16. The Hall–Kier alpha value is -5.34. The number of carboxylic acid groups (broad SMARTS) is 2. The lowest BCUT2D eigenvalue weighted by Crippen LogP contribution is -2.28. The Morgan fingerprint density at radius 3 is 1.58 bits per heavy atom. The number of aliphatic hydroxyl groups is 2. The van der Waals surface area contributed by atoms with E-state index in [9.17, 15) is 36.6 Å². The first-order valence-electron chi connectivity index (χ1n) is 18.7. The third kappa shape index (κ3) is 12.8. The van der Waals surface area contributed by atoms with E-state index < -0.39 is 56.7 Å². The normalized spacial score (nSPS) is 12.7. The number of nitrogens with zero attached hydrogens (tertiary/aromatic N) is 2. The Morgan fingerprint density at radius 1 is 0.683 bits per heavy atom. The highest BCUT2D eigenvalue weighted by molar-refractivity contribution is 7.91. The van der Waals surface area contributed by atoms with Crippen molar-refractivity contribution in [2.45, 2.75) is 87.7 Å². The van der Waals surface area contributed by atoms with Gasteiger partial charge in [-0.2, -0.15) is 9.97 Å². The molecule has 2 aromatic heterocycles. The SMILES string of the molecule is COc1nc(OCc2cccc(-c3cccc(COc4nc(OC)c(CNC[C@@H](O)CC(=O)O)cc4S(C)(=O)=O)c3C)c2C)c(S(C)(=O)=O)cc1CCC[C@@H](O)CC(=O)O. The van der Waals surface area contributed by atoms with Gasteiger partial charge in [-0.25, -0.2) is 16.8 Å². The number of sulfone groups is 2. The van der Waals surface area contributed by atoms with Gasteiger partial charge in [0.25, 0.3) is 0 Å². The number of aromatic nitrogens is 2. The number of nitrogens with one attached hydrogen (secondary N) is 1. The number of aryl methyl sites for hydroxylation is 1. The van der Waals surface area contributed by atoms with Crippen LogP contribution in [-0.4, -0.2) is 105 Å². The molecule has 326 valence electrons. The molecule has 4 rings (SSSR count). The Balaban J connectivity index is 1.56. The second-order valence-electron chi connectivity index (χ2n) is 14.2. The van der Waals surface area contributed by atoms with Gasteiger partial charge >= 0.3 is 11.9 Å². The zero-order chi connectivity index (χ0) is 44.4. The molecular weight excluding hydrogens is 823 g/mol. The minimum Gasteiger partial charge on any atom is -0.481 e. The largest absolute Gasteiger partial charge is 0.481 e. The van der Waals surface area contributed by atoms with Gasteiger partial charge in [0.1, 0.15) is 23.0 Å². The number of aliphatic hydroxyl groups excluding tert-OH is 2. The number of hydrogen-bond acceptors (Lipinski definition) is 15. The van der Waals surface area contributed by atoms with E-state index in [-0.39, 0.29) is 72.5 Å². The van der Waals surface area contributed by atoms with Crippen LogP contribution in [0.1, 0.15) is 59.1 Å². The molecule has 0 saturated heterocycles. The number of rotatable bonds is 23. The van der Waals surface area contributed by atoms with E-state index in [4.69, 9.17) is 29.2 Å². The van der Waals surface area contributed by atoms with Crippen LogP contribution in [0.2, 0.25) is 0 Å². The van der Waals surface area contributed by atoms with Crippen molar-refractivity contribution >= 4 is 31.6 Å². The van der Waals surface area contributed by atoms with Crippen LogP contribution in [0.4, 0.5) is 0 Å². The molecule has 0 radical (unpaired) electrons. The average molecular weight is 874 g/mol. The maximum absolute atomic E-state index is 12.9. The molecule has 2 aromatic carbocycles. The summed E-state index contributed by atoms with van der Waals surface area (Å²) in [6.45, 7) is 3.67. The van der Waals surface area contributed by atoms with Crippen LogP contribution in [0.3, 0.4) is 0 Å². The molecule has 0 unspecified atom stereocenters. The number of benzene rings is 2. The molecule has 0 aliphatic rings. The lowest BCUT2D eigenvalue weighted by atomic mass is 9.92. The highest BCUT2D eigenvalue weighted by atomic mass is 32.2. The molecule has 0 saturated carbocycles. The molecule has 0 bridgehead atoms. The van der Waals surface area contributed by atoms with Crippen molar-refractivity contribution in [2.24, 2.45) is 0 Å². The summed E-state index contributed by atoms with van der Waals surface area (Å²) in [6, 6.07) is 14.0. The number of hydrogen-bond donors (Lipinski definition) is 5. The molecule has 0 amide bonds. The lowest BCUT2D eigenvalue weighted by Gasteiger charge is -2.18. The van der Waals surface area contributed by atoms with Crippen LogP contribution in [0.5, 0.6) is 23.5 Å². The molecule has 5 N–H and O–H groups in total. The molecule has 17 nitrogen and oxygen atoms in total. The quantitative estimate of drug-likeness (QED) is 0.0710. The predicted molar refractivity (Wildman–Crippen MR) is 219 cm³/mol. The first-order chi connectivity index (χ1) is 28.2. The van der Waals surface area contributed by atoms with Gasteiger partial charge in [-0.05, 0) is 78.6 Å². The molecular formula is C41H51N3O14S2. The number of carbonyl (C=O) groups is 2. The first kappa shape index (κ1) is 47.3. The van der Waals surface area contributed by atoms with Crippen LogP contribution in [-0.2, 0) is 55.4 Å². The molecule has 0 aliphatic carbocycles. The highest BCUT2D eigenvalue weighted by Crippen LogP contribution is 2.35. The van der Waals surface area contributed by atoms with Gasteiger partial charge in [0.2, 0.25) is 23.5 Å². The molecule has 0 aliphatic heterocycles. The van der Waals surface area contributed by atoms with Gasteiger partial charge < -0.3 is 44.7 Å². The molecule has 60 heavy (non-hydrogen) atoms. The van der Waals surface area contributed by atoms with Crippen molar-refractivity contribution in [2.75, 3.05) is 33.3 Å². The van der Waals surface area contributed by atoms with Crippen molar-refractivity contribution in [3.05, 3.63) is 81.9 Å². The van der Waals surface area contributed by atoms with Gasteiger partial charge in [-0.1, -0.05) is 36.4 Å². The Kier molecular flexibility index (Phi) is 16.4. The van der Waals surface area contributed by atoms with Crippen LogP contribution in [0.25, 0.3) is 11.1 Å². The van der Waals surface area contributed by atoms with Crippen molar-refractivity contribution in [1.29, 1.82) is 0 Å². The van der Waals surface area contributed by atoms with E-state index >= 15 is 0 Å². The molecule has 0 fully saturated rings. The summed E-state index contributed by atoms with van der Waals surface area (Å²) < 4.78 is 74.5. The maximum Gasteiger partial charge on any atom is 0.306 e. The van der Waals surface area contributed by atoms with Crippen LogP contribution in [0, 0.1) is 13.8 Å². The summed E-state index contributed by atoms with van der Waals surface area (Å²) >= 11 is 0. The minimum absolute atomic E-state index is 0.0291. The van der Waals surface area contributed by atoms with E-state index in [0.717, 1.165) is 45.9 Å². The highest BCUT2D eigenvalue weighted by Gasteiger charge is 2.24. The summed E-state index contributed by atoms with van der Waals surface area (Å²) in [4.78, 5) is 30.2.